The third-order valence-corrected chi connectivity index (χ3v) is 6.89. The van der Waals surface area contributed by atoms with E-state index < -0.39 is 11.2 Å². The Morgan fingerprint density at radius 3 is 2.67 bits per heavy atom. The number of nitrogens with one attached hydrogen (secondary N) is 1. The minimum absolute atomic E-state index is 0.393. The minimum atomic E-state index is -0.397. The average Bonchev–Trinajstić information content (AvgIpc) is 3.26. The first-order chi connectivity index (χ1) is 14.5. The molecule has 30 heavy (non-hydrogen) atoms. The molecule has 1 saturated carbocycles. The van der Waals surface area contributed by atoms with Gasteiger partial charge < -0.3 is 9.13 Å². The van der Waals surface area contributed by atoms with Crippen molar-refractivity contribution in [3.63, 3.8) is 0 Å². The van der Waals surface area contributed by atoms with Crippen molar-refractivity contribution in [1.82, 2.24) is 33.9 Å². The third-order valence-electron chi connectivity index (χ3n) is 5.95. The van der Waals surface area contributed by atoms with Crippen molar-refractivity contribution in [2.45, 2.75) is 82.3 Å². The lowest BCUT2D eigenvalue weighted by molar-refractivity contribution is 0.332. The number of aromatic amines is 1. The molecule has 1 aliphatic rings. The Balaban J connectivity index is 1.64. The lowest BCUT2D eigenvalue weighted by Crippen LogP contribution is -2.31. The zero-order valence-electron chi connectivity index (χ0n) is 17.8. The van der Waals surface area contributed by atoms with E-state index in [-0.39, 0.29) is 0 Å². The van der Waals surface area contributed by atoms with E-state index in [9.17, 15) is 9.59 Å². The molecule has 0 spiro atoms. The molecule has 3 aromatic rings. The molecule has 1 N–H and O–H groups in total. The number of fused-ring (bicyclic) bond motifs is 1. The zero-order valence-corrected chi connectivity index (χ0v) is 18.7. The highest BCUT2D eigenvalue weighted by molar-refractivity contribution is 7.98. The molecule has 3 heterocycles. The number of aryl methyl sites for hydroxylation is 3. The van der Waals surface area contributed by atoms with E-state index in [1.807, 2.05) is 14.0 Å². The summed E-state index contributed by atoms with van der Waals surface area (Å²) in [5.74, 6) is 2.24. The van der Waals surface area contributed by atoms with Crippen LogP contribution in [0.2, 0.25) is 0 Å². The van der Waals surface area contributed by atoms with Gasteiger partial charge in [-0.05, 0) is 26.2 Å². The van der Waals surface area contributed by atoms with Gasteiger partial charge in [-0.15, -0.1) is 10.2 Å². The molecule has 3 aromatic heterocycles. The van der Waals surface area contributed by atoms with E-state index in [1.54, 1.807) is 20.9 Å². The third kappa shape index (κ3) is 3.84. The molecule has 162 valence electrons. The Morgan fingerprint density at radius 1 is 1.17 bits per heavy atom. The number of H-pyrrole nitrogens is 1. The second kappa shape index (κ2) is 8.79. The topological polar surface area (TPSA) is 103 Å². The van der Waals surface area contributed by atoms with Crippen LogP contribution in [0.25, 0.3) is 11.2 Å². The summed E-state index contributed by atoms with van der Waals surface area (Å²) in [5, 5.41) is 9.59. The molecule has 0 radical (unpaired) electrons. The molecule has 1 fully saturated rings. The van der Waals surface area contributed by atoms with Crippen LogP contribution in [0.1, 0.15) is 69.6 Å². The summed E-state index contributed by atoms with van der Waals surface area (Å²) in [7, 11) is 1.83. The quantitative estimate of drug-likeness (QED) is 0.577. The van der Waals surface area contributed by atoms with Crippen LogP contribution < -0.4 is 11.2 Å². The number of thioether (sulfide) groups is 1. The van der Waals surface area contributed by atoms with E-state index in [1.165, 1.54) is 19.3 Å². The van der Waals surface area contributed by atoms with Crippen molar-refractivity contribution in [2.75, 3.05) is 0 Å². The monoisotopic (exact) mass is 431 g/mol. The van der Waals surface area contributed by atoms with Crippen LogP contribution in [0, 0.1) is 6.92 Å². The predicted molar refractivity (Wildman–Crippen MR) is 117 cm³/mol. The molecule has 9 nitrogen and oxygen atoms in total. The normalized spacial score (nSPS) is 15.3. The summed E-state index contributed by atoms with van der Waals surface area (Å²) >= 11 is 1.58. The fraction of sp³-hybridized carbons (Fsp3) is 0.650. The smallest absolute Gasteiger partial charge is 0.325 e. The van der Waals surface area contributed by atoms with Gasteiger partial charge in [0.1, 0.15) is 11.6 Å². The van der Waals surface area contributed by atoms with Crippen molar-refractivity contribution in [3.05, 3.63) is 32.5 Å². The minimum Gasteiger partial charge on any atom is -0.325 e. The molecule has 0 unspecified atom stereocenters. The summed E-state index contributed by atoms with van der Waals surface area (Å²) in [6.45, 7) is 4.62. The first kappa shape index (κ1) is 20.9. The zero-order chi connectivity index (χ0) is 21.3. The summed E-state index contributed by atoms with van der Waals surface area (Å²) in [5.41, 5.74) is 0.104. The van der Waals surface area contributed by atoms with Crippen molar-refractivity contribution in [1.29, 1.82) is 0 Å². The van der Waals surface area contributed by atoms with Crippen LogP contribution in [-0.2, 0) is 19.3 Å². The van der Waals surface area contributed by atoms with Gasteiger partial charge in [0.2, 0.25) is 0 Å². The van der Waals surface area contributed by atoms with E-state index in [0.29, 0.717) is 29.5 Å². The summed E-state index contributed by atoms with van der Waals surface area (Å²) in [6, 6.07) is 0.457. The highest BCUT2D eigenvalue weighted by Gasteiger charge is 2.22. The molecule has 10 heteroatoms. The standard InChI is InChI=1S/C20H29N7O2S/c1-4-5-11-26-17-16(18(28)22-19(26)29)25(3)15(21-17)12-30-20-24-23-13(2)27(20)14-9-7-6-8-10-14/h14H,4-12H2,1-3H3,(H,22,28,29). The van der Waals surface area contributed by atoms with Crippen molar-refractivity contribution in [2.24, 2.45) is 7.05 Å². The van der Waals surface area contributed by atoms with Crippen LogP contribution in [0.5, 0.6) is 0 Å². The first-order valence-corrected chi connectivity index (χ1v) is 11.7. The highest BCUT2D eigenvalue weighted by Crippen LogP contribution is 2.33. The van der Waals surface area contributed by atoms with Crippen LogP contribution in [0.3, 0.4) is 0 Å². The Hall–Kier alpha value is -2.36. The Kier molecular flexibility index (Phi) is 6.12. The number of unbranched alkanes of at least 4 members (excludes halogenated alkanes) is 1. The van der Waals surface area contributed by atoms with E-state index in [0.717, 1.165) is 42.5 Å². The Bertz CT molecular complexity index is 1150. The van der Waals surface area contributed by atoms with E-state index in [4.69, 9.17) is 0 Å². The van der Waals surface area contributed by atoms with Gasteiger partial charge in [0.25, 0.3) is 5.56 Å². The van der Waals surface area contributed by atoms with Gasteiger partial charge in [-0.25, -0.2) is 9.78 Å². The number of aromatic nitrogens is 7. The number of rotatable bonds is 7. The van der Waals surface area contributed by atoms with E-state index >= 15 is 0 Å². The second-order valence-corrected chi connectivity index (χ2v) is 8.95. The van der Waals surface area contributed by atoms with Gasteiger partial charge in [-0.3, -0.25) is 14.3 Å². The molecule has 0 aromatic carbocycles. The van der Waals surface area contributed by atoms with Gasteiger partial charge in [0.15, 0.2) is 16.3 Å². The number of hydrogen-bond donors (Lipinski definition) is 1. The van der Waals surface area contributed by atoms with Crippen LogP contribution in [-0.4, -0.2) is 33.9 Å². The molecule has 1 aliphatic carbocycles. The molecule has 0 amide bonds. The average molecular weight is 432 g/mol. The summed E-state index contributed by atoms with van der Waals surface area (Å²) < 4.78 is 5.62. The van der Waals surface area contributed by atoms with Gasteiger partial charge >= 0.3 is 5.69 Å². The number of nitrogens with zero attached hydrogens (tertiary/aromatic N) is 6. The second-order valence-electron chi connectivity index (χ2n) is 8.00. The number of imidazole rings is 1. The highest BCUT2D eigenvalue weighted by atomic mass is 32.2. The molecule has 4 rings (SSSR count). The maximum absolute atomic E-state index is 12.4. The SMILES string of the molecule is CCCCn1c(=O)[nH]c(=O)c2c1nc(CSc1nnc(C)n1C1CCCCC1)n2C. The van der Waals surface area contributed by atoms with Crippen LogP contribution in [0.4, 0.5) is 0 Å². The fourth-order valence-corrected chi connectivity index (χ4v) is 5.32. The molecule has 0 atom stereocenters. The molecule has 0 saturated heterocycles. The molecule has 0 aliphatic heterocycles. The summed E-state index contributed by atoms with van der Waals surface area (Å²) in [6.07, 6.45) is 7.93. The van der Waals surface area contributed by atoms with Gasteiger partial charge in [0.05, 0.1) is 5.75 Å². The first-order valence-electron chi connectivity index (χ1n) is 10.7. The maximum atomic E-state index is 12.4. The Morgan fingerprint density at radius 2 is 1.93 bits per heavy atom. The summed E-state index contributed by atoms with van der Waals surface area (Å²) in [4.78, 5) is 31.9. The lowest BCUT2D eigenvalue weighted by atomic mass is 9.95. The lowest BCUT2D eigenvalue weighted by Gasteiger charge is -2.24. The maximum Gasteiger partial charge on any atom is 0.330 e. The fourth-order valence-electron chi connectivity index (χ4n) is 4.28. The predicted octanol–water partition coefficient (Wildman–Crippen LogP) is 2.92. The molecular weight excluding hydrogens is 402 g/mol. The van der Waals surface area contributed by atoms with Crippen molar-refractivity contribution >= 4 is 22.9 Å². The Labute approximate surface area is 178 Å². The van der Waals surface area contributed by atoms with Crippen molar-refractivity contribution in [3.8, 4) is 0 Å². The van der Waals surface area contributed by atoms with Gasteiger partial charge in [-0.2, -0.15) is 0 Å². The van der Waals surface area contributed by atoms with Crippen molar-refractivity contribution < 1.29 is 0 Å². The number of hydrogen-bond acceptors (Lipinski definition) is 6. The molecule has 0 bridgehead atoms. The van der Waals surface area contributed by atoms with Gasteiger partial charge in [-0.1, -0.05) is 44.4 Å². The van der Waals surface area contributed by atoms with Gasteiger partial charge in [0, 0.05) is 19.6 Å². The van der Waals surface area contributed by atoms with Crippen LogP contribution >= 0.6 is 11.8 Å². The largest absolute Gasteiger partial charge is 0.330 e. The van der Waals surface area contributed by atoms with Crippen LogP contribution in [0.15, 0.2) is 14.7 Å². The van der Waals surface area contributed by atoms with E-state index in [2.05, 4.69) is 31.7 Å². The molecular formula is C20H29N7O2S.